The van der Waals surface area contributed by atoms with Gasteiger partial charge in [-0.3, -0.25) is 4.79 Å². The van der Waals surface area contributed by atoms with Gasteiger partial charge < -0.3 is 10.1 Å². The molecule has 0 aliphatic heterocycles. The Morgan fingerprint density at radius 3 is 2.57 bits per heavy atom. The Balaban J connectivity index is 1.96. The van der Waals surface area contributed by atoms with E-state index in [9.17, 15) is 4.79 Å². The van der Waals surface area contributed by atoms with Crippen LogP contribution in [0.1, 0.15) is 44.6 Å². The van der Waals surface area contributed by atoms with E-state index in [-0.39, 0.29) is 11.8 Å². The number of ether oxygens (including phenoxy) is 1. The van der Waals surface area contributed by atoms with Crippen molar-refractivity contribution in [2.75, 3.05) is 11.9 Å². The molecule has 122 valence electrons. The third kappa shape index (κ3) is 5.09. The molecule has 1 N–H and O–H groups in total. The zero-order valence-electron chi connectivity index (χ0n) is 13.8. The molecule has 0 saturated carbocycles. The quantitative estimate of drug-likeness (QED) is 0.735. The molecule has 0 spiro atoms. The number of rotatable bonds is 8. The average Bonchev–Trinajstić information content (AvgIpc) is 2.58. The lowest BCUT2D eigenvalue weighted by Gasteiger charge is -2.15. The van der Waals surface area contributed by atoms with Crippen LogP contribution in [0.4, 0.5) is 5.69 Å². The molecule has 0 saturated heterocycles. The minimum absolute atomic E-state index is 0.0137. The van der Waals surface area contributed by atoms with Crippen LogP contribution in [-0.4, -0.2) is 17.5 Å². The third-order valence-electron chi connectivity index (χ3n) is 3.68. The predicted molar refractivity (Wildman–Crippen MR) is 92.7 cm³/mol. The topological polar surface area (TPSA) is 51.2 Å². The molecule has 1 amide bonds. The second kappa shape index (κ2) is 8.93. The first kappa shape index (κ1) is 17.0. The summed E-state index contributed by atoms with van der Waals surface area (Å²) >= 11 is 0. The van der Waals surface area contributed by atoms with Crippen LogP contribution >= 0.6 is 0 Å². The summed E-state index contributed by atoms with van der Waals surface area (Å²) in [6.45, 7) is 4.80. The van der Waals surface area contributed by atoms with Crippen LogP contribution in [0.15, 0.2) is 48.7 Å². The van der Waals surface area contributed by atoms with Gasteiger partial charge in [-0.05, 0) is 24.5 Å². The summed E-state index contributed by atoms with van der Waals surface area (Å²) in [5.41, 5.74) is 1.72. The number of aromatic nitrogens is 1. The van der Waals surface area contributed by atoms with Crippen molar-refractivity contribution in [2.24, 2.45) is 0 Å². The van der Waals surface area contributed by atoms with Gasteiger partial charge in [0, 0.05) is 6.07 Å². The number of carbonyl (C=O) groups is 1. The Bertz CT molecular complexity index is 597. The highest BCUT2D eigenvalue weighted by Gasteiger charge is 2.18. The molecule has 4 heteroatoms. The highest BCUT2D eigenvalue weighted by molar-refractivity contribution is 5.95. The number of hydrogen-bond donors (Lipinski definition) is 1. The molecule has 0 aliphatic carbocycles. The summed E-state index contributed by atoms with van der Waals surface area (Å²) in [5, 5.41) is 2.93. The van der Waals surface area contributed by atoms with Crippen molar-refractivity contribution in [1.82, 2.24) is 4.98 Å². The SMILES string of the molecule is CCCCOc1ccc(NC(=O)[C@H](CC)c2ccccc2)cn1. The van der Waals surface area contributed by atoms with E-state index in [2.05, 4.69) is 17.2 Å². The summed E-state index contributed by atoms with van der Waals surface area (Å²) in [5.74, 6) is 0.420. The molecule has 1 aromatic carbocycles. The van der Waals surface area contributed by atoms with Gasteiger partial charge in [-0.25, -0.2) is 4.98 Å². The molecule has 0 radical (unpaired) electrons. The lowest BCUT2D eigenvalue weighted by molar-refractivity contribution is -0.117. The van der Waals surface area contributed by atoms with Gasteiger partial charge in [-0.2, -0.15) is 0 Å². The maximum Gasteiger partial charge on any atom is 0.231 e. The van der Waals surface area contributed by atoms with Crippen molar-refractivity contribution < 1.29 is 9.53 Å². The highest BCUT2D eigenvalue weighted by Crippen LogP contribution is 2.21. The highest BCUT2D eigenvalue weighted by atomic mass is 16.5. The fourth-order valence-corrected chi connectivity index (χ4v) is 2.35. The van der Waals surface area contributed by atoms with E-state index in [1.54, 1.807) is 12.3 Å². The lowest BCUT2D eigenvalue weighted by atomic mass is 9.95. The van der Waals surface area contributed by atoms with Gasteiger partial charge in [-0.15, -0.1) is 0 Å². The largest absolute Gasteiger partial charge is 0.478 e. The molecule has 1 heterocycles. The normalized spacial score (nSPS) is 11.7. The molecule has 2 rings (SSSR count). The van der Waals surface area contributed by atoms with Gasteiger partial charge >= 0.3 is 0 Å². The number of nitrogens with one attached hydrogen (secondary N) is 1. The van der Waals surface area contributed by atoms with Crippen molar-refractivity contribution in [3.8, 4) is 5.88 Å². The maximum atomic E-state index is 12.5. The van der Waals surface area contributed by atoms with Gasteiger partial charge in [0.05, 0.1) is 24.4 Å². The van der Waals surface area contributed by atoms with Gasteiger partial charge in [0.15, 0.2) is 0 Å². The number of hydrogen-bond acceptors (Lipinski definition) is 3. The van der Waals surface area contributed by atoms with E-state index in [1.807, 2.05) is 43.3 Å². The van der Waals surface area contributed by atoms with E-state index >= 15 is 0 Å². The van der Waals surface area contributed by atoms with Crippen LogP contribution in [0.2, 0.25) is 0 Å². The van der Waals surface area contributed by atoms with Crippen LogP contribution in [0.3, 0.4) is 0 Å². The standard InChI is InChI=1S/C19H24N2O2/c1-3-5-13-23-18-12-11-16(14-20-18)21-19(22)17(4-2)15-9-7-6-8-10-15/h6-12,14,17H,3-5,13H2,1-2H3,(H,21,22)/t17-/m1/s1. The fourth-order valence-electron chi connectivity index (χ4n) is 2.35. The molecule has 0 fully saturated rings. The maximum absolute atomic E-state index is 12.5. The second-order valence-electron chi connectivity index (χ2n) is 5.45. The molecular formula is C19H24N2O2. The van der Waals surface area contributed by atoms with E-state index in [0.717, 1.165) is 24.8 Å². The minimum atomic E-state index is -0.156. The zero-order valence-corrected chi connectivity index (χ0v) is 13.8. The Morgan fingerprint density at radius 1 is 1.17 bits per heavy atom. The summed E-state index contributed by atoms with van der Waals surface area (Å²) < 4.78 is 5.52. The number of nitrogens with zero attached hydrogens (tertiary/aromatic N) is 1. The van der Waals surface area contributed by atoms with Gasteiger partial charge in [0.2, 0.25) is 11.8 Å². The number of anilines is 1. The van der Waals surface area contributed by atoms with Crippen LogP contribution in [0.25, 0.3) is 0 Å². The Labute approximate surface area is 137 Å². The average molecular weight is 312 g/mol. The Hall–Kier alpha value is -2.36. The summed E-state index contributed by atoms with van der Waals surface area (Å²) in [4.78, 5) is 16.7. The predicted octanol–water partition coefficient (Wildman–Crippen LogP) is 4.39. The zero-order chi connectivity index (χ0) is 16.5. The fraction of sp³-hybridized carbons (Fsp3) is 0.368. The van der Waals surface area contributed by atoms with Gasteiger partial charge in [0.1, 0.15) is 0 Å². The van der Waals surface area contributed by atoms with Crippen LogP contribution in [-0.2, 0) is 4.79 Å². The summed E-state index contributed by atoms with van der Waals surface area (Å²) in [7, 11) is 0. The molecule has 2 aromatic rings. The van der Waals surface area contributed by atoms with E-state index in [1.165, 1.54) is 0 Å². The second-order valence-corrected chi connectivity index (χ2v) is 5.45. The summed E-state index contributed by atoms with van der Waals surface area (Å²) in [6.07, 6.45) is 4.49. The first-order valence-electron chi connectivity index (χ1n) is 8.19. The van der Waals surface area contributed by atoms with Crippen molar-refractivity contribution in [3.05, 3.63) is 54.2 Å². The van der Waals surface area contributed by atoms with Crippen molar-refractivity contribution in [1.29, 1.82) is 0 Å². The first-order chi connectivity index (χ1) is 11.2. The number of amides is 1. The van der Waals surface area contributed by atoms with Crippen molar-refractivity contribution in [2.45, 2.75) is 39.0 Å². The van der Waals surface area contributed by atoms with E-state index in [0.29, 0.717) is 18.2 Å². The van der Waals surface area contributed by atoms with Crippen LogP contribution in [0, 0.1) is 0 Å². The Kier molecular flexibility index (Phi) is 6.60. The molecule has 0 bridgehead atoms. The van der Waals surface area contributed by atoms with E-state index in [4.69, 9.17) is 4.74 Å². The van der Waals surface area contributed by atoms with Crippen LogP contribution in [0.5, 0.6) is 5.88 Å². The smallest absolute Gasteiger partial charge is 0.231 e. The Morgan fingerprint density at radius 2 is 1.96 bits per heavy atom. The molecule has 4 nitrogen and oxygen atoms in total. The monoisotopic (exact) mass is 312 g/mol. The number of pyridine rings is 1. The molecule has 0 aliphatic rings. The first-order valence-corrected chi connectivity index (χ1v) is 8.19. The number of carbonyl (C=O) groups excluding carboxylic acids is 1. The minimum Gasteiger partial charge on any atom is -0.478 e. The van der Waals surface area contributed by atoms with Crippen molar-refractivity contribution >= 4 is 11.6 Å². The lowest BCUT2D eigenvalue weighted by Crippen LogP contribution is -2.20. The van der Waals surface area contributed by atoms with Gasteiger partial charge in [-0.1, -0.05) is 50.6 Å². The van der Waals surface area contributed by atoms with Crippen LogP contribution < -0.4 is 10.1 Å². The molecule has 1 aromatic heterocycles. The third-order valence-corrected chi connectivity index (χ3v) is 3.68. The van der Waals surface area contributed by atoms with E-state index < -0.39 is 0 Å². The molecular weight excluding hydrogens is 288 g/mol. The summed E-state index contributed by atoms with van der Waals surface area (Å²) in [6, 6.07) is 13.4. The number of benzene rings is 1. The molecule has 23 heavy (non-hydrogen) atoms. The molecule has 1 atom stereocenters. The molecule has 0 unspecified atom stereocenters. The van der Waals surface area contributed by atoms with Crippen molar-refractivity contribution in [3.63, 3.8) is 0 Å². The van der Waals surface area contributed by atoms with Gasteiger partial charge in [0.25, 0.3) is 0 Å². The number of unbranched alkanes of at least 4 members (excludes halogenated alkanes) is 1.